The van der Waals surface area contributed by atoms with Crippen LogP contribution in [0.25, 0.3) is 16.9 Å². The molecule has 3 aromatic rings. The molecule has 2 heterocycles. The molecule has 1 amide bonds. The van der Waals surface area contributed by atoms with Crippen molar-refractivity contribution < 1.29 is 14.3 Å². The lowest BCUT2D eigenvalue weighted by molar-refractivity contribution is 0.0518. The predicted octanol–water partition coefficient (Wildman–Crippen LogP) is 5.89. The van der Waals surface area contributed by atoms with Gasteiger partial charge in [0.25, 0.3) is 5.91 Å². The van der Waals surface area contributed by atoms with Gasteiger partial charge in [0.1, 0.15) is 0 Å². The first-order valence-corrected chi connectivity index (χ1v) is 11.7. The molecule has 0 radical (unpaired) electrons. The van der Waals surface area contributed by atoms with E-state index in [1.54, 1.807) is 48.0 Å². The van der Waals surface area contributed by atoms with E-state index in [1.165, 1.54) is 0 Å². The zero-order chi connectivity index (χ0) is 23.5. The van der Waals surface area contributed by atoms with Crippen LogP contribution < -0.4 is 0 Å². The van der Waals surface area contributed by atoms with Crippen LogP contribution in [-0.2, 0) is 4.74 Å². The van der Waals surface area contributed by atoms with Gasteiger partial charge in [0, 0.05) is 29.2 Å². The van der Waals surface area contributed by atoms with Gasteiger partial charge in [-0.15, -0.1) is 0 Å². The third-order valence-electron chi connectivity index (χ3n) is 5.70. The predicted molar refractivity (Wildman–Crippen MR) is 129 cm³/mol. The highest BCUT2D eigenvalue weighted by Gasteiger charge is 2.23. The number of esters is 1. The summed E-state index contributed by atoms with van der Waals surface area (Å²) in [5.74, 6) is 0.0226. The van der Waals surface area contributed by atoms with E-state index >= 15 is 0 Å². The molecule has 6 nitrogen and oxygen atoms in total. The maximum Gasteiger partial charge on any atom is 0.358 e. The summed E-state index contributed by atoms with van der Waals surface area (Å²) in [4.78, 5) is 27.2. The van der Waals surface area contributed by atoms with E-state index in [4.69, 9.17) is 27.9 Å². The number of halogens is 2. The molecular weight excluding hydrogens is 461 g/mol. The highest BCUT2D eigenvalue weighted by atomic mass is 35.5. The lowest BCUT2D eigenvalue weighted by atomic mass is 9.99. The Labute approximate surface area is 203 Å². The Kier molecular flexibility index (Phi) is 7.05. The molecule has 2 aromatic carbocycles. The number of hydrogen-bond acceptors (Lipinski definition) is 4. The van der Waals surface area contributed by atoms with E-state index in [0.717, 1.165) is 25.9 Å². The lowest BCUT2D eigenvalue weighted by Crippen LogP contribution is -2.39. The Balaban J connectivity index is 1.70. The summed E-state index contributed by atoms with van der Waals surface area (Å²) in [6.45, 7) is 5.72. The molecule has 1 aromatic heterocycles. The Morgan fingerprint density at radius 3 is 2.55 bits per heavy atom. The number of aromatic nitrogens is 2. The van der Waals surface area contributed by atoms with Crippen LogP contribution in [0.2, 0.25) is 10.0 Å². The van der Waals surface area contributed by atoms with Gasteiger partial charge in [-0.1, -0.05) is 30.1 Å². The number of likely N-dealkylation sites (tertiary alicyclic amines) is 1. The molecule has 33 heavy (non-hydrogen) atoms. The van der Waals surface area contributed by atoms with Gasteiger partial charge in [-0.05, 0) is 74.2 Å². The summed E-state index contributed by atoms with van der Waals surface area (Å²) in [5, 5.41) is 5.41. The van der Waals surface area contributed by atoms with Gasteiger partial charge in [-0.3, -0.25) is 4.79 Å². The van der Waals surface area contributed by atoms with Gasteiger partial charge in [0.2, 0.25) is 0 Å². The number of carbonyl (C=O) groups is 2. The van der Waals surface area contributed by atoms with Crippen LogP contribution in [0.15, 0.2) is 48.5 Å². The van der Waals surface area contributed by atoms with Crippen molar-refractivity contribution in [1.29, 1.82) is 0 Å². The molecule has 0 bridgehead atoms. The SMILES string of the molecule is CCOC(=O)c1cc(-c2ccc(Cl)cc2Cl)n(-c2ccc(C(=O)N3CCC[C@@H](C)C3)cc2)n1. The summed E-state index contributed by atoms with van der Waals surface area (Å²) in [7, 11) is 0. The third-order valence-corrected chi connectivity index (χ3v) is 6.25. The molecule has 1 saturated heterocycles. The molecule has 0 unspecified atom stereocenters. The van der Waals surface area contributed by atoms with Crippen molar-refractivity contribution >= 4 is 35.1 Å². The van der Waals surface area contributed by atoms with Crippen molar-refractivity contribution in [1.82, 2.24) is 14.7 Å². The molecular formula is C25H25Cl2N3O3. The average Bonchev–Trinajstić information content (AvgIpc) is 3.24. The Morgan fingerprint density at radius 1 is 1.12 bits per heavy atom. The quantitative estimate of drug-likeness (QED) is 0.422. The van der Waals surface area contributed by atoms with Crippen molar-refractivity contribution in [2.45, 2.75) is 26.7 Å². The number of benzene rings is 2. The minimum Gasteiger partial charge on any atom is -0.461 e. The maximum absolute atomic E-state index is 12.9. The number of ether oxygens (including phenoxy) is 1. The largest absolute Gasteiger partial charge is 0.461 e. The van der Waals surface area contributed by atoms with Gasteiger partial charge in [0.05, 0.1) is 23.0 Å². The molecule has 1 fully saturated rings. The van der Waals surface area contributed by atoms with E-state index in [1.807, 2.05) is 17.0 Å². The number of rotatable bonds is 5. The maximum atomic E-state index is 12.9. The second-order valence-corrected chi connectivity index (χ2v) is 9.06. The van der Waals surface area contributed by atoms with E-state index in [-0.39, 0.29) is 18.2 Å². The van der Waals surface area contributed by atoms with Gasteiger partial charge in [0.15, 0.2) is 5.69 Å². The second-order valence-electron chi connectivity index (χ2n) is 8.22. The summed E-state index contributed by atoms with van der Waals surface area (Å²) in [6.07, 6.45) is 2.18. The fourth-order valence-corrected chi connectivity index (χ4v) is 4.58. The van der Waals surface area contributed by atoms with Crippen LogP contribution in [0.1, 0.15) is 47.5 Å². The van der Waals surface area contributed by atoms with Crippen LogP contribution in [0, 0.1) is 5.92 Å². The normalized spacial score (nSPS) is 16.0. The molecule has 0 spiro atoms. The molecule has 0 N–H and O–H groups in total. The van der Waals surface area contributed by atoms with E-state index < -0.39 is 5.97 Å². The molecule has 1 aliphatic heterocycles. The topological polar surface area (TPSA) is 64.4 Å². The highest BCUT2D eigenvalue weighted by molar-refractivity contribution is 6.36. The minimum atomic E-state index is -0.520. The fourth-order valence-electron chi connectivity index (χ4n) is 4.07. The van der Waals surface area contributed by atoms with Crippen LogP contribution >= 0.6 is 23.2 Å². The van der Waals surface area contributed by atoms with Gasteiger partial charge >= 0.3 is 5.97 Å². The molecule has 8 heteroatoms. The van der Waals surface area contributed by atoms with Crippen LogP contribution in [0.3, 0.4) is 0 Å². The summed E-state index contributed by atoms with van der Waals surface area (Å²) in [6, 6.07) is 14.0. The Morgan fingerprint density at radius 2 is 1.88 bits per heavy atom. The third kappa shape index (κ3) is 5.07. The van der Waals surface area contributed by atoms with Gasteiger partial charge < -0.3 is 9.64 Å². The van der Waals surface area contributed by atoms with Crippen LogP contribution in [0.5, 0.6) is 0 Å². The molecule has 0 saturated carbocycles. The van der Waals surface area contributed by atoms with Crippen molar-refractivity contribution in [2.24, 2.45) is 5.92 Å². The van der Waals surface area contributed by atoms with Crippen molar-refractivity contribution in [3.63, 3.8) is 0 Å². The summed E-state index contributed by atoms with van der Waals surface area (Å²) in [5.41, 5.74) is 2.77. The number of hydrogen-bond donors (Lipinski definition) is 0. The van der Waals surface area contributed by atoms with Crippen molar-refractivity contribution in [2.75, 3.05) is 19.7 Å². The van der Waals surface area contributed by atoms with Crippen LogP contribution in [0.4, 0.5) is 0 Å². The van der Waals surface area contributed by atoms with E-state index in [0.29, 0.717) is 38.5 Å². The smallest absolute Gasteiger partial charge is 0.358 e. The average molecular weight is 486 g/mol. The second kappa shape index (κ2) is 9.98. The fraction of sp³-hybridized carbons (Fsp3) is 0.320. The van der Waals surface area contributed by atoms with E-state index in [2.05, 4.69) is 12.0 Å². The monoisotopic (exact) mass is 485 g/mol. The van der Waals surface area contributed by atoms with Gasteiger partial charge in [-0.2, -0.15) is 5.10 Å². The molecule has 4 rings (SSSR count). The van der Waals surface area contributed by atoms with Crippen molar-refractivity contribution in [3.05, 3.63) is 69.8 Å². The zero-order valence-corrected chi connectivity index (χ0v) is 20.1. The van der Waals surface area contributed by atoms with Gasteiger partial charge in [-0.25, -0.2) is 9.48 Å². The number of carbonyl (C=O) groups excluding carboxylic acids is 2. The Bertz CT molecular complexity index is 1170. The van der Waals surface area contributed by atoms with Crippen LogP contribution in [-0.4, -0.2) is 46.3 Å². The Hall–Kier alpha value is -2.83. The molecule has 0 aliphatic carbocycles. The molecule has 1 atom stereocenters. The number of amides is 1. The summed E-state index contributed by atoms with van der Waals surface area (Å²) < 4.78 is 6.75. The van der Waals surface area contributed by atoms with E-state index in [9.17, 15) is 9.59 Å². The molecule has 172 valence electrons. The zero-order valence-electron chi connectivity index (χ0n) is 18.6. The lowest BCUT2D eigenvalue weighted by Gasteiger charge is -2.31. The van der Waals surface area contributed by atoms with Crippen molar-refractivity contribution in [3.8, 4) is 16.9 Å². The molecule has 1 aliphatic rings. The first-order chi connectivity index (χ1) is 15.9. The highest BCUT2D eigenvalue weighted by Crippen LogP contribution is 2.32. The number of piperidine rings is 1. The first kappa shape index (κ1) is 23.3. The first-order valence-electron chi connectivity index (χ1n) is 11.0. The standard InChI is InChI=1S/C25H25Cl2N3O3/c1-3-33-25(32)22-14-23(20-11-8-18(26)13-21(20)27)30(28-22)19-9-6-17(7-10-19)24(31)29-12-4-5-16(2)15-29/h6-11,13-14,16H,3-5,12,15H2,1-2H3/t16-/m1/s1. The number of nitrogens with zero attached hydrogens (tertiary/aromatic N) is 3. The summed E-state index contributed by atoms with van der Waals surface area (Å²) >= 11 is 12.5. The minimum absolute atomic E-state index is 0.0294.